The number of benzene rings is 2. The Bertz CT molecular complexity index is 1230. The van der Waals surface area contributed by atoms with Crippen LogP contribution in [0, 0.1) is 0 Å². The Kier molecular flexibility index (Phi) is 4.12. The van der Waals surface area contributed by atoms with Gasteiger partial charge in [0.2, 0.25) is 0 Å². The largest absolute Gasteiger partial charge is 0.370 e. The van der Waals surface area contributed by atoms with Crippen LogP contribution in [0.25, 0.3) is 22.4 Å². The second-order valence-corrected chi connectivity index (χ2v) is 7.02. The predicted molar refractivity (Wildman–Crippen MR) is 110 cm³/mol. The molecule has 1 aliphatic rings. The Balaban J connectivity index is 1.56. The van der Waals surface area contributed by atoms with Crippen molar-refractivity contribution in [1.82, 2.24) is 25.1 Å². The van der Waals surface area contributed by atoms with Gasteiger partial charge in [0.15, 0.2) is 5.82 Å². The zero-order valence-electron chi connectivity index (χ0n) is 15.5. The van der Waals surface area contributed by atoms with Crippen molar-refractivity contribution < 1.29 is 4.79 Å². The van der Waals surface area contributed by atoms with E-state index in [1.165, 1.54) is 6.33 Å². The SMILES string of the molecule is O=C(Nc1cc2[nH]c(=O)[nH]c2cc1N1CCCC1)c1ccccc1-c1ncn[nH]1. The summed E-state index contributed by atoms with van der Waals surface area (Å²) in [5.41, 5.74) is 3.81. The molecule has 2 aromatic carbocycles. The third kappa shape index (κ3) is 3.16. The minimum absolute atomic E-state index is 0.255. The van der Waals surface area contributed by atoms with Crippen LogP contribution < -0.4 is 15.9 Å². The maximum atomic E-state index is 13.2. The molecule has 0 aliphatic carbocycles. The highest BCUT2D eigenvalue weighted by Gasteiger charge is 2.21. The van der Waals surface area contributed by atoms with Crippen molar-refractivity contribution in [3.05, 3.63) is 58.8 Å². The molecule has 29 heavy (non-hydrogen) atoms. The molecule has 1 fully saturated rings. The van der Waals surface area contributed by atoms with Crippen molar-refractivity contribution in [3.8, 4) is 11.4 Å². The van der Waals surface area contributed by atoms with Gasteiger partial charge < -0.3 is 20.2 Å². The number of anilines is 2. The van der Waals surface area contributed by atoms with Gasteiger partial charge in [-0.25, -0.2) is 9.78 Å². The number of fused-ring (bicyclic) bond motifs is 1. The van der Waals surface area contributed by atoms with Gasteiger partial charge in [-0.05, 0) is 31.0 Å². The molecular weight excluding hydrogens is 370 g/mol. The summed E-state index contributed by atoms with van der Waals surface area (Å²) in [5, 5.41) is 9.71. The molecule has 0 spiro atoms. The number of imidazole rings is 1. The number of H-pyrrole nitrogens is 3. The molecule has 0 radical (unpaired) electrons. The summed E-state index contributed by atoms with van der Waals surface area (Å²) in [6.45, 7) is 1.83. The Morgan fingerprint density at radius 2 is 1.83 bits per heavy atom. The lowest BCUT2D eigenvalue weighted by Crippen LogP contribution is -2.21. The molecular formula is C20H19N7O2. The van der Waals surface area contributed by atoms with Gasteiger partial charge in [0.1, 0.15) is 6.33 Å². The number of nitrogens with zero attached hydrogens (tertiary/aromatic N) is 3. The highest BCUT2D eigenvalue weighted by molar-refractivity contribution is 6.10. The van der Waals surface area contributed by atoms with E-state index in [1.807, 2.05) is 24.3 Å². The van der Waals surface area contributed by atoms with Gasteiger partial charge in [0.05, 0.1) is 28.0 Å². The highest BCUT2D eigenvalue weighted by atomic mass is 16.2. The smallest absolute Gasteiger partial charge is 0.323 e. The average Bonchev–Trinajstić information content (AvgIpc) is 3.48. The van der Waals surface area contributed by atoms with Gasteiger partial charge in [-0.2, -0.15) is 5.10 Å². The molecule has 9 nitrogen and oxygen atoms in total. The lowest BCUT2D eigenvalue weighted by atomic mass is 10.1. The van der Waals surface area contributed by atoms with Crippen LogP contribution in [-0.2, 0) is 0 Å². The van der Waals surface area contributed by atoms with Crippen LogP contribution in [0.4, 0.5) is 11.4 Å². The first-order valence-electron chi connectivity index (χ1n) is 9.46. The number of nitrogens with one attached hydrogen (secondary N) is 4. The number of rotatable bonds is 4. The van der Waals surface area contributed by atoms with Crippen LogP contribution in [0.3, 0.4) is 0 Å². The Morgan fingerprint density at radius 3 is 2.59 bits per heavy atom. The molecule has 1 aliphatic heterocycles. The number of carbonyl (C=O) groups excluding carboxylic acids is 1. The van der Waals surface area contributed by atoms with Crippen molar-refractivity contribution >= 4 is 28.3 Å². The maximum Gasteiger partial charge on any atom is 0.323 e. The highest BCUT2D eigenvalue weighted by Crippen LogP contribution is 2.33. The van der Waals surface area contributed by atoms with E-state index in [4.69, 9.17) is 0 Å². The predicted octanol–water partition coefficient (Wildman–Crippen LogP) is 2.49. The van der Waals surface area contributed by atoms with Crippen LogP contribution in [0.1, 0.15) is 23.2 Å². The summed E-state index contributed by atoms with van der Waals surface area (Å²) in [5.74, 6) is 0.274. The van der Waals surface area contributed by atoms with E-state index in [1.54, 1.807) is 12.1 Å². The Labute approximate surface area is 165 Å². The molecule has 4 N–H and O–H groups in total. The van der Waals surface area contributed by atoms with Crippen molar-refractivity contribution in [1.29, 1.82) is 0 Å². The summed E-state index contributed by atoms with van der Waals surface area (Å²) in [6.07, 6.45) is 3.61. The summed E-state index contributed by atoms with van der Waals surface area (Å²) in [6, 6.07) is 10.9. The fourth-order valence-corrected chi connectivity index (χ4v) is 3.80. The van der Waals surface area contributed by atoms with Gasteiger partial charge in [-0.15, -0.1) is 0 Å². The van der Waals surface area contributed by atoms with E-state index in [9.17, 15) is 9.59 Å². The number of aromatic amines is 3. The molecule has 0 atom stereocenters. The second-order valence-electron chi connectivity index (χ2n) is 7.02. The standard InChI is InChI=1S/C20H19N7O2/c28-19(13-6-2-1-5-12(13)18-21-11-22-26-18)23-16-9-14-15(25-20(29)24-14)10-17(16)27-7-3-4-8-27/h1-2,5-6,9-11H,3-4,7-8H2,(H,23,28)(H,21,22,26)(H2,24,25,29). The van der Waals surface area contributed by atoms with Crippen molar-refractivity contribution in [2.45, 2.75) is 12.8 Å². The maximum absolute atomic E-state index is 13.2. The van der Waals surface area contributed by atoms with Gasteiger partial charge in [-0.1, -0.05) is 18.2 Å². The summed E-state index contributed by atoms with van der Waals surface area (Å²) < 4.78 is 0. The first-order valence-corrected chi connectivity index (χ1v) is 9.46. The summed E-state index contributed by atoms with van der Waals surface area (Å²) in [4.78, 5) is 36.8. The van der Waals surface area contributed by atoms with Crippen LogP contribution in [0.15, 0.2) is 47.5 Å². The molecule has 0 saturated carbocycles. The second kappa shape index (κ2) is 6.93. The molecule has 3 heterocycles. The number of aromatic nitrogens is 5. The summed E-state index contributed by atoms with van der Waals surface area (Å²) in [7, 11) is 0. The molecule has 1 amide bonds. The average molecular weight is 389 g/mol. The van der Waals surface area contributed by atoms with Crippen LogP contribution >= 0.6 is 0 Å². The third-order valence-corrected chi connectivity index (χ3v) is 5.17. The molecule has 9 heteroatoms. The van der Waals surface area contributed by atoms with Crippen molar-refractivity contribution in [3.63, 3.8) is 0 Å². The van der Waals surface area contributed by atoms with Gasteiger partial charge >= 0.3 is 5.69 Å². The van der Waals surface area contributed by atoms with E-state index >= 15 is 0 Å². The molecule has 5 rings (SSSR count). The van der Waals surface area contributed by atoms with E-state index < -0.39 is 0 Å². The van der Waals surface area contributed by atoms with E-state index in [0.717, 1.165) is 37.1 Å². The van der Waals surface area contributed by atoms with Crippen LogP contribution in [0.2, 0.25) is 0 Å². The van der Waals surface area contributed by atoms with E-state index in [0.29, 0.717) is 28.2 Å². The molecule has 2 aromatic heterocycles. The molecule has 0 bridgehead atoms. The Morgan fingerprint density at radius 1 is 1.07 bits per heavy atom. The van der Waals surface area contributed by atoms with Crippen LogP contribution in [0.5, 0.6) is 0 Å². The van der Waals surface area contributed by atoms with E-state index in [2.05, 4.69) is 35.4 Å². The van der Waals surface area contributed by atoms with Crippen LogP contribution in [-0.4, -0.2) is 44.1 Å². The lowest BCUT2D eigenvalue weighted by Gasteiger charge is -2.22. The zero-order valence-corrected chi connectivity index (χ0v) is 15.5. The quantitative estimate of drug-likeness (QED) is 0.427. The van der Waals surface area contributed by atoms with Gasteiger partial charge in [0.25, 0.3) is 5.91 Å². The molecule has 4 aromatic rings. The number of hydrogen-bond donors (Lipinski definition) is 4. The minimum atomic E-state index is -0.272. The molecule has 146 valence electrons. The van der Waals surface area contributed by atoms with Crippen molar-refractivity contribution in [2.24, 2.45) is 0 Å². The van der Waals surface area contributed by atoms with Gasteiger partial charge in [0, 0.05) is 18.7 Å². The minimum Gasteiger partial charge on any atom is -0.370 e. The Hall–Kier alpha value is -3.88. The zero-order chi connectivity index (χ0) is 19.8. The topological polar surface area (TPSA) is 123 Å². The normalized spacial score (nSPS) is 13.9. The number of hydrogen-bond acceptors (Lipinski definition) is 5. The lowest BCUT2D eigenvalue weighted by molar-refractivity contribution is 0.102. The fraction of sp³-hybridized carbons (Fsp3) is 0.200. The fourth-order valence-electron chi connectivity index (χ4n) is 3.80. The summed E-state index contributed by atoms with van der Waals surface area (Å²) >= 11 is 0. The molecule has 1 saturated heterocycles. The number of carbonyl (C=O) groups is 1. The molecule has 0 unspecified atom stereocenters. The number of amides is 1. The first-order chi connectivity index (χ1) is 14.2. The monoisotopic (exact) mass is 389 g/mol. The van der Waals surface area contributed by atoms with Gasteiger partial charge in [-0.3, -0.25) is 9.89 Å². The third-order valence-electron chi connectivity index (χ3n) is 5.17. The van der Waals surface area contributed by atoms with E-state index in [-0.39, 0.29) is 11.6 Å². The van der Waals surface area contributed by atoms with Crippen molar-refractivity contribution in [2.75, 3.05) is 23.3 Å². The first kappa shape index (κ1) is 17.2.